The van der Waals surface area contributed by atoms with Crippen LogP contribution in [0.5, 0.6) is 0 Å². The van der Waals surface area contributed by atoms with Crippen molar-refractivity contribution in [3.05, 3.63) is 0 Å². The van der Waals surface area contributed by atoms with Crippen molar-refractivity contribution < 1.29 is 0 Å². The van der Waals surface area contributed by atoms with Crippen LogP contribution in [0.3, 0.4) is 0 Å². The molecule has 0 aromatic carbocycles. The largest absolute Gasteiger partial charge is 0.306 e. The summed E-state index contributed by atoms with van der Waals surface area (Å²) in [5, 5.41) is 0. The Morgan fingerprint density at radius 3 is 2.23 bits per heavy atom. The lowest BCUT2D eigenvalue weighted by atomic mass is 9.82. The molecule has 1 rings (SSSR count). The summed E-state index contributed by atoms with van der Waals surface area (Å²) in [5.74, 6) is 0.990. The first kappa shape index (κ1) is 11.0. The van der Waals surface area contributed by atoms with Gasteiger partial charge in [-0.05, 0) is 39.3 Å². The van der Waals surface area contributed by atoms with Gasteiger partial charge >= 0.3 is 0 Å². The molecule has 0 heterocycles. The van der Waals surface area contributed by atoms with Crippen LogP contribution in [0.1, 0.15) is 51.9 Å². The van der Waals surface area contributed by atoms with Gasteiger partial charge in [0.1, 0.15) is 0 Å². The van der Waals surface area contributed by atoms with Crippen LogP contribution < -0.4 is 0 Å². The van der Waals surface area contributed by atoms with Crippen molar-refractivity contribution in [3.63, 3.8) is 0 Å². The van der Waals surface area contributed by atoms with Gasteiger partial charge in [0.05, 0.1) is 0 Å². The van der Waals surface area contributed by atoms with Crippen molar-refractivity contribution >= 4 is 0 Å². The summed E-state index contributed by atoms with van der Waals surface area (Å²) in [7, 11) is 4.49. The molecule has 0 aromatic rings. The van der Waals surface area contributed by atoms with E-state index in [1.165, 1.54) is 44.9 Å². The zero-order valence-corrected chi connectivity index (χ0v) is 9.55. The predicted octanol–water partition coefficient (Wildman–Crippen LogP) is 3.30. The topological polar surface area (TPSA) is 3.24 Å². The van der Waals surface area contributed by atoms with E-state index >= 15 is 0 Å². The third kappa shape index (κ3) is 3.30. The highest BCUT2D eigenvalue weighted by molar-refractivity contribution is 4.78. The van der Waals surface area contributed by atoms with Crippen LogP contribution in [0.25, 0.3) is 0 Å². The van der Waals surface area contributed by atoms with E-state index in [9.17, 15) is 0 Å². The lowest BCUT2D eigenvalue weighted by Gasteiger charge is -2.34. The first-order chi connectivity index (χ1) is 6.25. The molecule has 0 N–H and O–H groups in total. The summed E-state index contributed by atoms with van der Waals surface area (Å²) >= 11 is 0. The van der Waals surface area contributed by atoms with Gasteiger partial charge in [-0.15, -0.1) is 0 Å². The summed E-state index contributed by atoms with van der Waals surface area (Å²) < 4.78 is 0. The molecule has 0 aromatic heterocycles. The first-order valence-corrected chi connectivity index (χ1v) is 5.92. The molecule has 13 heavy (non-hydrogen) atoms. The molecule has 0 saturated heterocycles. The van der Waals surface area contributed by atoms with Crippen LogP contribution in [0.4, 0.5) is 0 Å². The molecular weight excluding hydrogens is 158 g/mol. The molecule has 0 aliphatic heterocycles. The Morgan fingerprint density at radius 2 is 1.77 bits per heavy atom. The fourth-order valence-electron chi connectivity index (χ4n) is 2.73. The van der Waals surface area contributed by atoms with E-state index in [-0.39, 0.29) is 0 Å². The van der Waals surface area contributed by atoms with E-state index < -0.39 is 0 Å². The minimum atomic E-state index is 0.852. The van der Waals surface area contributed by atoms with E-state index in [0.717, 1.165) is 12.0 Å². The fourth-order valence-corrected chi connectivity index (χ4v) is 2.73. The zero-order chi connectivity index (χ0) is 9.68. The van der Waals surface area contributed by atoms with E-state index in [1.54, 1.807) is 0 Å². The van der Waals surface area contributed by atoms with E-state index in [2.05, 4.69) is 25.9 Å². The van der Waals surface area contributed by atoms with Gasteiger partial charge in [-0.1, -0.05) is 32.6 Å². The Kier molecular flexibility index (Phi) is 4.79. The van der Waals surface area contributed by atoms with Gasteiger partial charge in [0, 0.05) is 6.04 Å². The Morgan fingerprint density at radius 1 is 1.15 bits per heavy atom. The minimum absolute atomic E-state index is 0.852. The first-order valence-electron chi connectivity index (χ1n) is 5.92. The summed E-state index contributed by atoms with van der Waals surface area (Å²) in [6.07, 6.45) is 10.1. The number of rotatable bonds is 4. The molecule has 1 atom stereocenters. The van der Waals surface area contributed by atoms with Gasteiger partial charge in [-0.3, -0.25) is 0 Å². The number of hydrogen-bond acceptors (Lipinski definition) is 1. The second kappa shape index (κ2) is 5.64. The molecule has 0 amide bonds. The molecule has 1 aliphatic rings. The molecule has 0 spiro atoms. The van der Waals surface area contributed by atoms with Gasteiger partial charge in [0.2, 0.25) is 0 Å². The van der Waals surface area contributed by atoms with Crippen molar-refractivity contribution in [1.29, 1.82) is 0 Å². The molecule has 1 aliphatic carbocycles. The van der Waals surface area contributed by atoms with Crippen LogP contribution in [-0.4, -0.2) is 25.0 Å². The van der Waals surface area contributed by atoms with E-state index in [0.29, 0.717) is 0 Å². The molecule has 0 unspecified atom stereocenters. The Balaban J connectivity index is 2.41. The third-order valence-corrected chi connectivity index (χ3v) is 3.44. The summed E-state index contributed by atoms with van der Waals surface area (Å²) in [5.41, 5.74) is 0. The van der Waals surface area contributed by atoms with Gasteiger partial charge in [0.15, 0.2) is 0 Å². The lowest BCUT2D eigenvalue weighted by molar-refractivity contribution is 0.159. The molecule has 1 heteroatoms. The molecule has 0 radical (unpaired) electrons. The number of hydrogen-bond donors (Lipinski definition) is 0. The molecule has 78 valence electrons. The monoisotopic (exact) mass is 183 g/mol. The van der Waals surface area contributed by atoms with Crippen molar-refractivity contribution in [1.82, 2.24) is 4.90 Å². The smallest absolute Gasteiger partial charge is 0.0117 e. The molecule has 1 fully saturated rings. The highest BCUT2D eigenvalue weighted by Crippen LogP contribution is 2.30. The van der Waals surface area contributed by atoms with Crippen molar-refractivity contribution in [2.75, 3.05) is 14.1 Å². The molecular formula is C12H25N. The number of nitrogens with zero attached hydrogens (tertiary/aromatic N) is 1. The highest BCUT2D eigenvalue weighted by Gasteiger charge is 2.23. The zero-order valence-electron chi connectivity index (χ0n) is 9.55. The predicted molar refractivity (Wildman–Crippen MR) is 59.0 cm³/mol. The van der Waals surface area contributed by atoms with Crippen LogP contribution in [0, 0.1) is 5.92 Å². The van der Waals surface area contributed by atoms with Crippen molar-refractivity contribution in [2.24, 2.45) is 5.92 Å². The Hall–Kier alpha value is -0.0400. The van der Waals surface area contributed by atoms with Crippen molar-refractivity contribution in [2.45, 2.75) is 57.9 Å². The normalized spacial score (nSPS) is 22.2. The van der Waals surface area contributed by atoms with Crippen LogP contribution in [0.2, 0.25) is 0 Å². The average Bonchev–Trinajstić information content (AvgIpc) is 2.15. The van der Waals surface area contributed by atoms with Crippen LogP contribution in [-0.2, 0) is 0 Å². The highest BCUT2D eigenvalue weighted by atomic mass is 15.1. The minimum Gasteiger partial charge on any atom is -0.306 e. The lowest BCUT2D eigenvalue weighted by Crippen LogP contribution is -2.36. The average molecular weight is 183 g/mol. The maximum atomic E-state index is 2.44. The van der Waals surface area contributed by atoms with Gasteiger partial charge in [0.25, 0.3) is 0 Å². The Bertz CT molecular complexity index is 125. The SMILES string of the molecule is CCC[C@@H](C1CCCCC1)N(C)C. The fraction of sp³-hybridized carbons (Fsp3) is 1.00. The van der Waals surface area contributed by atoms with Crippen LogP contribution in [0.15, 0.2) is 0 Å². The Labute approximate surface area is 83.5 Å². The second-order valence-corrected chi connectivity index (χ2v) is 4.72. The summed E-state index contributed by atoms with van der Waals surface area (Å²) in [6.45, 7) is 2.30. The third-order valence-electron chi connectivity index (χ3n) is 3.44. The summed E-state index contributed by atoms with van der Waals surface area (Å²) in [6, 6.07) is 0.852. The summed E-state index contributed by atoms with van der Waals surface area (Å²) in [4.78, 5) is 2.44. The van der Waals surface area contributed by atoms with Gasteiger partial charge in [-0.25, -0.2) is 0 Å². The van der Waals surface area contributed by atoms with E-state index in [1.807, 2.05) is 0 Å². The molecule has 1 nitrogen and oxygen atoms in total. The van der Waals surface area contributed by atoms with Crippen LogP contribution >= 0.6 is 0 Å². The maximum Gasteiger partial charge on any atom is 0.0117 e. The maximum absolute atomic E-state index is 2.44. The van der Waals surface area contributed by atoms with E-state index in [4.69, 9.17) is 0 Å². The second-order valence-electron chi connectivity index (χ2n) is 4.72. The quantitative estimate of drug-likeness (QED) is 0.646. The van der Waals surface area contributed by atoms with Gasteiger partial charge in [-0.2, -0.15) is 0 Å². The molecule has 0 bridgehead atoms. The van der Waals surface area contributed by atoms with Crippen molar-refractivity contribution in [3.8, 4) is 0 Å². The standard InChI is InChI=1S/C12H25N/c1-4-8-12(13(2)3)11-9-6-5-7-10-11/h11-12H,4-10H2,1-3H3/t12-/m0/s1. The molecule has 1 saturated carbocycles. The van der Waals surface area contributed by atoms with Gasteiger partial charge < -0.3 is 4.90 Å².